The number of hydrogen-bond donors (Lipinski definition) is 2. The number of nitriles is 1. The Balaban J connectivity index is 1.49. The number of carbonyl (C=O) groups excluding carboxylic acids is 2. The van der Waals surface area contributed by atoms with Crippen LogP contribution in [0.15, 0.2) is 58.0 Å². The molecular formula is C24H22ClFN4O5S2. The number of thioether (sulfide) groups is 1. The molecule has 2 amide bonds. The lowest BCUT2D eigenvalue weighted by atomic mass is 9.87. The maximum atomic E-state index is 14.4. The first-order valence-electron chi connectivity index (χ1n) is 11.2. The lowest BCUT2D eigenvalue weighted by Crippen LogP contribution is -2.40. The van der Waals surface area contributed by atoms with Crippen molar-refractivity contribution < 1.29 is 27.1 Å². The van der Waals surface area contributed by atoms with Crippen LogP contribution in [-0.4, -0.2) is 56.6 Å². The van der Waals surface area contributed by atoms with Gasteiger partial charge in [0.25, 0.3) is 0 Å². The number of anilines is 1. The van der Waals surface area contributed by atoms with Crippen molar-refractivity contribution in [2.75, 3.05) is 37.4 Å². The summed E-state index contributed by atoms with van der Waals surface area (Å²) in [6, 6.07) is 12.0. The summed E-state index contributed by atoms with van der Waals surface area (Å²) in [5.74, 6) is -2.47. The lowest BCUT2D eigenvalue weighted by Gasteiger charge is -2.26. The molecule has 2 heterocycles. The van der Waals surface area contributed by atoms with E-state index in [1.807, 2.05) is 6.07 Å². The molecule has 1 fully saturated rings. The average Bonchev–Trinajstić information content (AvgIpc) is 2.89. The van der Waals surface area contributed by atoms with E-state index in [1.54, 1.807) is 6.07 Å². The molecular weight excluding hydrogens is 543 g/mol. The van der Waals surface area contributed by atoms with Gasteiger partial charge in [-0.05, 0) is 29.8 Å². The van der Waals surface area contributed by atoms with Gasteiger partial charge in [0.1, 0.15) is 5.82 Å². The number of amides is 2. The number of hydrogen-bond acceptors (Lipinski definition) is 7. The molecule has 194 valence electrons. The quantitative estimate of drug-likeness (QED) is 0.528. The summed E-state index contributed by atoms with van der Waals surface area (Å²) in [4.78, 5) is 25.0. The minimum Gasteiger partial charge on any atom is -0.379 e. The number of halogens is 2. The second-order valence-electron chi connectivity index (χ2n) is 8.18. The van der Waals surface area contributed by atoms with E-state index in [0.717, 1.165) is 11.8 Å². The number of rotatable bonds is 7. The van der Waals surface area contributed by atoms with Crippen LogP contribution in [0, 0.1) is 17.1 Å². The van der Waals surface area contributed by atoms with Crippen LogP contribution in [0.4, 0.5) is 10.1 Å². The molecule has 0 aliphatic carbocycles. The molecule has 2 aromatic carbocycles. The summed E-state index contributed by atoms with van der Waals surface area (Å²) in [5.41, 5.74) is 0.480. The molecule has 2 aliphatic rings. The van der Waals surface area contributed by atoms with E-state index in [9.17, 15) is 27.7 Å². The van der Waals surface area contributed by atoms with E-state index < -0.39 is 33.6 Å². The highest BCUT2D eigenvalue weighted by Gasteiger charge is 2.32. The third-order valence-electron chi connectivity index (χ3n) is 5.80. The molecule has 1 atom stereocenters. The van der Waals surface area contributed by atoms with E-state index in [1.165, 1.54) is 40.7 Å². The van der Waals surface area contributed by atoms with Crippen molar-refractivity contribution in [1.82, 2.24) is 9.62 Å². The summed E-state index contributed by atoms with van der Waals surface area (Å²) >= 11 is 7.11. The fraction of sp³-hybridized carbons (Fsp3) is 0.292. The zero-order valence-electron chi connectivity index (χ0n) is 19.4. The summed E-state index contributed by atoms with van der Waals surface area (Å²) < 4.78 is 46.8. The van der Waals surface area contributed by atoms with Crippen LogP contribution in [0.3, 0.4) is 0 Å². The zero-order chi connectivity index (χ0) is 26.6. The largest absolute Gasteiger partial charge is 0.379 e. The fourth-order valence-corrected chi connectivity index (χ4v) is 6.45. The third-order valence-corrected chi connectivity index (χ3v) is 9.05. The Morgan fingerprint density at radius 1 is 1.27 bits per heavy atom. The predicted octanol–water partition coefficient (Wildman–Crippen LogP) is 3.21. The fourth-order valence-electron chi connectivity index (χ4n) is 3.98. The summed E-state index contributed by atoms with van der Waals surface area (Å²) in [6.45, 7) is 1.03. The van der Waals surface area contributed by atoms with Crippen molar-refractivity contribution in [2.45, 2.75) is 17.2 Å². The van der Waals surface area contributed by atoms with Gasteiger partial charge in [-0.25, -0.2) is 12.8 Å². The Kier molecular flexibility index (Phi) is 8.51. The number of benzene rings is 2. The molecule has 2 aromatic rings. The van der Waals surface area contributed by atoms with Crippen molar-refractivity contribution in [1.29, 1.82) is 5.26 Å². The lowest BCUT2D eigenvalue weighted by molar-refractivity contribution is -0.121. The molecule has 2 aliphatic heterocycles. The molecule has 0 aromatic heterocycles. The average molecular weight is 565 g/mol. The van der Waals surface area contributed by atoms with Gasteiger partial charge in [0.2, 0.25) is 21.8 Å². The first-order valence-corrected chi connectivity index (χ1v) is 14.0. The SMILES string of the molecule is N#CC1=C(SCC(=O)Nc2cc(S(=O)(=O)N3CCOCC3)ccc2Cl)NC(=O)C[C@H]1c1ccccc1F. The number of ether oxygens (including phenoxy) is 1. The molecule has 0 radical (unpaired) electrons. The van der Waals surface area contributed by atoms with Gasteiger partial charge in [0, 0.05) is 25.4 Å². The molecule has 0 saturated carbocycles. The number of nitrogens with one attached hydrogen (secondary N) is 2. The van der Waals surface area contributed by atoms with Crippen LogP contribution in [-0.2, 0) is 24.3 Å². The second-order valence-corrected chi connectivity index (χ2v) is 11.5. The molecule has 4 rings (SSSR count). The van der Waals surface area contributed by atoms with Crippen molar-refractivity contribution in [3.8, 4) is 6.07 Å². The van der Waals surface area contributed by atoms with E-state index in [4.69, 9.17) is 16.3 Å². The predicted molar refractivity (Wildman–Crippen MR) is 137 cm³/mol. The number of nitrogens with zero attached hydrogens (tertiary/aromatic N) is 2. The maximum Gasteiger partial charge on any atom is 0.243 e. The number of sulfonamides is 1. The molecule has 2 N–H and O–H groups in total. The van der Waals surface area contributed by atoms with Gasteiger partial charge in [-0.15, -0.1) is 0 Å². The highest BCUT2D eigenvalue weighted by atomic mass is 35.5. The van der Waals surface area contributed by atoms with Crippen molar-refractivity contribution in [3.05, 3.63) is 69.5 Å². The van der Waals surface area contributed by atoms with Crippen LogP contribution in [0.25, 0.3) is 0 Å². The molecule has 9 nitrogen and oxygen atoms in total. The van der Waals surface area contributed by atoms with Crippen molar-refractivity contribution >= 4 is 50.9 Å². The van der Waals surface area contributed by atoms with Crippen LogP contribution >= 0.6 is 23.4 Å². The summed E-state index contributed by atoms with van der Waals surface area (Å²) in [5, 5.41) is 15.2. The summed E-state index contributed by atoms with van der Waals surface area (Å²) in [7, 11) is -3.80. The van der Waals surface area contributed by atoms with Crippen molar-refractivity contribution in [2.24, 2.45) is 0 Å². The highest BCUT2D eigenvalue weighted by molar-refractivity contribution is 8.03. The standard InChI is InChI=1S/C24H22ClFN4O5S2/c25-19-6-5-15(37(33,34)30-7-9-35-10-8-30)11-21(19)28-23(32)14-36-24-18(13-27)17(12-22(31)29-24)16-3-1-2-4-20(16)26/h1-6,11,17H,7-10,12,14H2,(H,28,32)(H,29,31)/t17-/m0/s1. The smallest absolute Gasteiger partial charge is 0.243 e. The number of carbonyl (C=O) groups is 2. The van der Waals surface area contributed by atoms with Gasteiger partial charge in [0.15, 0.2) is 0 Å². The van der Waals surface area contributed by atoms with Gasteiger partial charge < -0.3 is 15.4 Å². The first kappa shape index (κ1) is 27.1. The topological polar surface area (TPSA) is 129 Å². The third kappa shape index (κ3) is 6.14. The van der Waals surface area contributed by atoms with Crippen LogP contribution < -0.4 is 10.6 Å². The van der Waals surface area contributed by atoms with E-state index >= 15 is 0 Å². The normalized spacial score (nSPS) is 18.7. The first-order chi connectivity index (χ1) is 17.7. The molecule has 37 heavy (non-hydrogen) atoms. The van der Waals surface area contributed by atoms with E-state index in [2.05, 4.69) is 10.6 Å². The van der Waals surface area contributed by atoms with Crippen LogP contribution in [0.2, 0.25) is 5.02 Å². The molecule has 1 saturated heterocycles. The van der Waals surface area contributed by atoms with Crippen molar-refractivity contribution in [3.63, 3.8) is 0 Å². The van der Waals surface area contributed by atoms with Gasteiger partial charge in [0.05, 0.1) is 51.2 Å². The second kappa shape index (κ2) is 11.6. The van der Waals surface area contributed by atoms with Gasteiger partial charge in [-0.1, -0.05) is 41.6 Å². The Morgan fingerprint density at radius 2 is 2.00 bits per heavy atom. The molecule has 0 unspecified atom stereocenters. The molecule has 13 heteroatoms. The van der Waals surface area contributed by atoms with Gasteiger partial charge >= 0.3 is 0 Å². The highest BCUT2D eigenvalue weighted by Crippen LogP contribution is 2.37. The number of allylic oxidation sites excluding steroid dienone is 1. The molecule has 0 spiro atoms. The number of morpholine rings is 1. The van der Waals surface area contributed by atoms with Gasteiger partial charge in [-0.2, -0.15) is 9.57 Å². The van der Waals surface area contributed by atoms with Crippen LogP contribution in [0.5, 0.6) is 0 Å². The molecule has 0 bridgehead atoms. The zero-order valence-corrected chi connectivity index (χ0v) is 21.8. The minimum absolute atomic E-state index is 0.0245. The minimum atomic E-state index is -3.80. The monoisotopic (exact) mass is 564 g/mol. The Bertz CT molecular complexity index is 1400. The van der Waals surface area contributed by atoms with Gasteiger partial charge in [-0.3, -0.25) is 9.59 Å². The summed E-state index contributed by atoms with van der Waals surface area (Å²) in [6.07, 6.45) is -0.0971. The van der Waals surface area contributed by atoms with Crippen LogP contribution in [0.1, 0.15) is 17.9 Å². The maximum absolute atomic E-state index is 14.4. The Labute approximate surface area is 222 Å². The van der Waals surface area contributed by atoms with E-state index in [0.29, 0.717) is 13.2 Å². The Hall–Kier alpha value is -2.95. The van der Waals surface area contributed by atoms with E-state index in [-0.39, 0.29) is 57.0 Å². The Morgan fingerprint density at radius 3 is 2.70 bits per heavy atom.